The van der Waals surface area contributed by atoms with E-state index in [-0.39, 0.29) is 10.3 Å². The fourth-order valence-electron chi connectivity index (χ4n) is 2.11. The van der Waals surface area contributed by atoms with E-state index in [0.29, 0.717) is 23.9 Å². The van der Waals surface area contributed by atoms with Gasteiger partial charge < -0.3 is 10.6 Å². The van der Waals surface area contributed by atoms with Crippen molar-refractivity contribution < 1.29 is 8.42 Å². The second-order valence-electron chi connectivity index (χ2n) is 4.69. The summed E-state index contributed by atoms with van der Waals surface area (Å²) in [6, 6.07) is 0.283. The number of nitrogens with zero attached hydrogens (tertiary/aromatic N) is 3. The highest BCUT2D eigenvalue weighted by atomic mass is 32.2. The van der Waals surface area contributed by atoms with Crippen LogP contribution in [0.15, 0.2) is 4.21 Å². The second-order valence-corrected chi connectivity index (χ2v) is 7.86. The summed E-state index contributed by atoms with van der Waals surface area (Å²) >= 11 is 1.04. The molecule has 6 nitrogen and oxygen atoms in total. The zero-order valence-corrected chi connectivity index (χ0v) is 12.4. The molecular formula is C10H18N4O2S2. The van der Waals surface area contributed by atoms with E-state index in [1.165, 1.54) is 4.31 Å². The quantitative estimate of drug-likeness (QED) is 0.869. The van der Waals surface area contributed by atoms with Gasteiger partial charge in [-0.15, -0.1) is 0 Å². The summed E-state index contributed by atoms with van der Waals surface area (Å²) in [7, 11) is 0.506. The van der Waals surface area contributed by atoms with E-state index in [1.54, 1.807) is 6.92 Å². The molecule has 1 aromatic rings. The van der Waals surface area contributed by atoms with Crippen LogP contribution in [-0.2, 0) is 10.0 Å². The van der Waals surface area contributed by atoms with Gasteiger partial charge in [-0.05, 0) is 27.4 Å². The van der Waals surface area contributed by atoms with Crippen molar-refractivity contribution in [1.82, 2.24) is 14.2 Å². The molecule has 0 saturated carbocycles. The molecule has 102 valence electrons. The molecule has 8 heteroatoms. The van der Waals surface area contributed by atoms with Crippen LogP contribution in [0.25, 0.3) is 0 Å². The van der Waals surface area contributed by atoms with Crippen LogP contribution in [0.1, 0.15) is 12.1 Å². The smallest absolute Gasteiger partial charge is 0.254 e. The largest absolute Gasteiger partial charge is 0.375 e. The van der Waals surface area contributed by atoms with E-state index in [0.717, 1.165) is 17.8 Å². The molecule has 1 aliphatic rings. The first-order valence-electron chi connectivity index (χ1n) is 5.72. The molecule has 2 rings (SSSR count). The Hall–Kier alpha value is -0.700. The molecule has 0 radical (unpaired) electrons. The Kier molecular flexibility index (Phi) is 3.63. The number of aryl methyl sites for hydroxylation is 1. The molecule has 1 atom stereocenters. The van der Waals surface area contributed by atoms with Gasteiger partial charge in [0.15, 0.2) is 9.34 Å². The van der Waals surface area contributed by atoms with Crippen LogP contribution < -0.4 is 5.73 Å². The molecule has 1 aliphatic heterocycles. The van der Waals surface area contributed by atoms with Crippen molar-refractivity contribution in [2.24, 2.45) is 0 Å². The Labute approximate surface area is 111 Å². The van der Waals surface area contributed by atoms with Gasteiger partial charge in [-0.2, -0.15) is 4.31 Å². The van der Waals surface area contributed by atoms with Gasteiger partial charge in [0, 0.05) is 19.1 Å². The van der Waals surface area contributed by atoms with Gasteiger partial charge in [-0.25, -0.2) is 13.4 Å². The summed E-state index contributed by atoms with van der Waals surface area (Å²) in [6.45, 7) is 2.77. The van der Waals surface area contributed by atoms with Gasteiger partial charge in [0.05, 0.1) is 5.69 Å². The normalized spacial score (nSPS) is 21.9. The lowest BCUT2D eigenvalue weighted by Crippen LogP contribution is -2.34. The van der Waals surface area contributed by atoms with Crippen LogP contribution in [0.4, 0.5) is 5.13 Å². The third-order valence-corrected chi connectivity index (χ3v) is 6.64. The van der Waals surface area contributed by atoms with Crippen molar-refractivity contribution in [3.05, 3.63) is 5.69 Å². The van der Waals surface area contributed by atoms with E-state index in [2.05, 4.69) is 9.88 Å². The number of likely N-dealkylation sites (N-methyl/N-ethyl adjacent to an activating group) is 1. The third kappa shape index (κ3) is 2.37. The van der Waals surface area contributed by atoms with Gasteiger partial charge in [-0.1, -0.05) is 11.3 Å². The standard InChI is InChI=1S/C10H18N4O2S2/c1-7-9(17-10(11)12-7)18(15,16)14-5-4-8(6-14)13(2)3/h8H,4-6H2,1-3H3,(H2,11,12). The molecular weight excluding hydrogens is 272 g/mol. The van der Waals surface area contributed by atoms with Crippen LogP contribution in [0.2, 0.25) is 0 Å². The van der Waals surface area contributed by atoms with Gasteiger partial charge in [-0.3, -0.25) is 0 Å². The van der Waals surface area contributed by atoms with Crippen molar-refractivity contribution in [2.75, 3.05) is 32.9 Å². The first kappa shape index (κ1) is 13.7. The minimum absolute atomic E-state index is 0.277. The monoisotopic (exact) mass is 290 g/mol. The summed E-state index contributed by atoms with van der Waals surface area (Å²) in [4.78, 5) is 6.04. The van der Waals surface area contributed by atoms with E-state index in [1.807, 2.05) is 14.1 Å². The van der Waals surface area contributed by atoms with Crippen LogP contribution in [0.3, 0.4) is 0 Å². The fourth-order valence-corrected chi connectivity index (χ4v) is 5.04. The van der Waals surface area contributed by atoms with Crippen molar-refractivity contribution in [3.63, 3.8) is 0 Å². The first-order valence-corrected chi connectivity index (χ1v) is 7.97. The average Bonchev–Trinajstić information content (AvgIpc) is 2.85. The molecule has 2 heterocycles. The van der Waals surface area contributed by atoms with Crippen molar-refractivity contribution in [2.45, 2.75) is 23.6 Å². The summed E-state index contributed by atoms with van der Waals surface area (Å²) in [5, 5.41) is 0.300. The summed E-state index contributed by atoms with van der Waals surface area (Å²) in [6.07, 6.45) is 0.861. The fraction of sp³-hybridized carbons (Fsp3) is 0.700. The van der Waals surface area contributed by atoms with Crippen molar-refractivity contribution >= 4 is 26.5 Å². The number of sulfonamides is 1. The molecule has 0 spiro atoms. The lowest BCUT2D eigenvalue weighted by molar-refractivity contribution is 0.302. The Balaban J connectivity index is 2.26. The molecule has 0 amide bonds. The van der Waals surface area contributed by atoms with E-state index in [9.17, 15) is 8.42 Å². The lowest BCUT2D eigenvalue weighted by atomic mass is 10.2. The minimum Gasteiger partial charge on any atom is -0.375 e. The summed E-state index contributed by atoms with van der Waals surface area (Å²) in [5.41, 5.74) is 6.06. The predicted molar refractivity (Wildman–Crippen MR) is 72.1 cm³/mol. The van der Waals surface area contributed by atoms with E-state index in [4.69, 9.17) is 5.73 Å². The topological polar surface area (TPSA) is 79.5 Å². The SMILES string of the molecule is Cc1nc(N)sc1S(=O)(=O)N1CCC(N(C)C)C1. The predicted octanol–water partition coefficient (Wildman–Crippen LogP) is 0.358. The van der Waals surface area contributed by atoms with Gasteiger partial charge in [0.2, 0.25) is 0 Å². The molecule has 0 bridgehead atoms. The highest BCUT2D eigenvalue weighted by Gasteiger charge is 2.35. The number of nitrogens with two attached hydrogens (primary N) is 1. The number of anilines is 1. The highest BCUT2D eigenvalue weighted by Crippen LogP contribution is 2.30. The number of hydrogen-bond donors (Lipinski definition) is 1. The van der Waals surface area contributed by atoms with Gasteiger partial charge >= 0.3 is 0 Å². The minimum atomic E-state index is -3.43. The zero-order chi connectivity index (χ0) is 13.5. The number of aromatic nitrogens is 1. The average molecular weight is 290 g/mol. The molecule has 1 fully saturated rings. The number of hydrogen-bond acceptors (Lipinski definition) is 6. The van der Waals surface area contributed by atoms with Gasteiger partial charge in [0.25, 0.3) is 10.0 Å². The molecule has 2 N–H and O–H groups in total. The third-order valence-electron chi connectivity index (χ3n) is 3.20. The van der Waals surface area contributed by atoms with Gasteiger partial charge in [0.1, 0.15) is 0 Å². The van der Waals surface area contributed by atoms with Crippen molar-refractivity contribution in [1.29, 1.82) is 0 Å². The van der Waals surface area contributed by atoms with Crippen molar-refractivity contribution in [3.8, 4) is 0 Å². The van der Waals surface area contributed by atoms with E-state index < -0.39 is 10.0 Å². The maximum atomic E-state index is 12.5. The molecule has 1 aromatic heterocycles. The Morgan fingerprint density at radius 2 is 2.17 bits per heavy atom. The first-order chi connectivity index (χ1) is 8.32. The van der Waals surface area contributed by atoms with E-state index >= 15 is 0 Å². The van der Waals surface area contributed by atoms with Crippen LogP contribution in [0, 0.1) is 6.92 Å². The van der Waals surface area contributed by atoms with Crippen LogP contribution in [-0.4, -0.2) is 55.8 Å². The maximum absolute atomic E-state index is 12.5. The van der Waals surface area contributed by atoms with Crippen LogP contribution >= 0.6 is 11.3 Å². The molecule has 0 aromatic carbocycles. The maximum Gasteiger partial charge on any atom is 0.254 e. The molecule has 0 aliphatic carbocycles. The lowest BCUT2D eigenvalue weighted by Gasteiger charge is -2.19. The van der Waals surface area contributed by atoms with Crippen LogP contribution in [0.5, 0.6) is 0 Å². The zero-order valence-electron chi connectivity index (χ0n) is 10.8. The molecule has 18 heavy (non-hydrogen) atoms. The Morgan fingerprint density at radius 3 is 2.61 bits per heavy atom. The summed E-state index contributed by atoms with van der Waals surface area (Å²) in [5.74, 6) is 0. The second kappa shape index (κ2) is 4.76. The highest BCUT2D eigenvalue weighted by molar-refractivity contribution is 7.91. The molecule has 1 unspecified atom stereocenters. The Morgan fingerprint density at radius 1 is 1.50 bits per heavy atom. The summed E-state index contributed by atoms with van der Waals surface area (Å²) < 4.78 is 26.7. The number of nitrogen functional groups attached to an aromatic ring is 1. The molecule has 1 saturated heterocycles. The Bertz CT molecular complexity index is 538. The number of thiazole rings is 1. The number of rotatable bonds is 3.